The Morgan fingerprint density at radius 3 is 2.50 bits per heavy atom. The van der Waals surface area contributed by atoms with E-state index in [1.54, 1.807) is 0 Å². The number of pyridine rings is 1. The van der Waals surface area contributed by atoms with Crippen LogP contribution in [-0.4, -0.2) is 20.8 Å². The van der Waals surface area contributed by atoms with Gasteiger partial charge in [-0.3, -0.25) is 4.79 Å². The molecule has 2 heterocycles. The predicted molar refractivity (Wildman–Crippen MR) is 98.9 cm³/mol. The van der Waals surface area contributed by atoms with E-state index < -0.39 is 17.3 Å². The predicted octanol–water partition coefficient (Wildman–Crippen LogP) is 4.27. The molecule has 2 unspecified atom stereocenters. The number of hydrogen-bond acceptors (Lipinski definition) is 4. The Labute approximate surface area is 162 Å². The molecule has 1 saturated carbocycles. The molecule has 1 aliphatic carbocycles. The fraction of sp³-hybridized carbons (Fsp3) is 0.211. The molecule has 5 nitrogen and oxygen atoms in total. The Kier molecular flexibility index (Phi) is 4.58. The fourth-order valence-corrected chi connectivity index (χ4v) is 3.18. The number of anilines is 1. The molecule has 28 heavy (non-hydrogen) atoms. The lowest BCUT2D eigenvalue weighted by atomic mass is 10.1. The van der Waals surface area contributed by atoms with Gasteiger partial charge in [0.25, 0.3) is 5.56 Å². The van der Waals surface area contributed by atoms with Gasteiger partial charge in [0.1, 0.15) is 5.02 Å². The molecule has 144 valence electrons. The van der Waals surface area contributed by atoms with Crippen LogP contribution in [0, 0.1) is 0 Å². The minimum atomic E-state index is -4.51. The maximum absolute atomic E-state index is 12.6. The van der Waals surface area contributed by atoms with Gasteiger partial charge in [0.15, 0.2) is 5.82 Å². The van der Waals surface area contributed by atoms with E-state index in [0.29, 0.717) is 17.8 Å². The van der Waals surface area contributed by atoms with Crippen molar-refractivity contribution in [1.29, 1.82) is 0 Å². The van der Waals surface area contributed by atoms with Crippen molar-refractivity contribution in [1.82, 2.24) is 14.8 Å². The molecule has 0 bridgehead atoms. The summed E-state index contributed by atoms with van der Waals surface area (Å²) in [6.07, 6.45) is -1.57. The Bertz CT molecular complexity index is 1050. The number of nitrogens with one attached hydrogen (secondary N) is 1. The Hall–Kier alpha value is -2.87. The van der Waals surface area contributed by atoms with Crippen molar-refractivity contribution >= 4 is 17.3 Å². The summed E-state index contributed by atoms with van der Waals surface area (Å²) in [6, 6.07) is 12.0. The van der Waals surface area contributed by atoms with Crippen molar-refractivity contribution in [2.45, 2.75) is 24.6 Å². The first kappa shape index (κ1) is 18.5. The molecule has 0 saturated heterocycles. The highest BCUT2D eigenvalue weighted by atomic mass is 35.5. The van der Waals surface area contributed by atoms with Gasteiger partial charge >= 0.3 is 6.18 Å². The fourth-order valence-electron chi connectivity index (χ4n) is 3.00. The highest BCUT2D eigenvalue weighted by molar-refractivity contribution is 6.33. The van der Waals surface area contributed by atoms with Gasteiger partial charge < -0.3 is 5.32 Å². The summed E-state index contributed by atoms with van der Waals surface area (Å²) >= 11 is 6.17. The zero-order chi connectivity index (χ0) is 19.9. The first-order valence-corrected chi connectivity index (χ1v) is 8.85. The molecule has 3 aromatic rings. The van der Waals surface area contributed by atoms with Gasteiger partial charge in [-0.05, 0) is 24.1 Å². The van der Waals surface area contributed by atoms with E-state index in [1.807, 2.05) is 30.3 Å². The van der Waals surface area contributed by atoms with Crippen LogP contribution in [0.2, 0.25) is 5.02 Å². The summed E-state index contributed by atoms with van der Waals surface area (Å²) in [5.74, 6) is 0.288. The molecular weight excluding hydrogens is 393 g/mol. The second kappa shape index (κ2) is 6.94. The summed E-state index contributed by atoms with van der Waals surface area (Å²) in [4.78, 5) is 16.2. The van der Waals surface area contributed by atoms with Gasteiger partial charge in [0.2, 0.25) is 0 Å². The molecule has 0 spiro atoms. The number of alkyl halides is 3. The Morgan fingerprint density at radius 2 is 1.86 bits per heavy atom. The number of rotatable bonds is 4. The molecular formula is C19H14ClF3N4O. The summed E-state index contributed by atoms with van der Waals surface area (Å²) in [5, 5.41) is 7.11. The highest BCUT2D eigenvalue weighted by Crippen LogP contribution is 2.43. The maximum Gasteiger partial charge on any atom is 0.417 e. The maximum atomic E-state index is 12.6. The number of halogens is 4. The lowest BCUT2D eigenvalue weighted by molar-refractivity contribution is -0.137. The molecule has 4 rings (SSSR count). The number of benzene rings is 1. The van der Waals surface area contributed by atoms with Crippen molar-refractivity contribution in [3.63, 3.8) is 0 Å². The molecule has 1 aliphatic rings. The van der Waals surface area contributed by atoms with Crippen LogP contribution in [0.1, 0.15) is 23.5 Å². The third-order valence-electron chi connectivity index (χ3n) is 4.57. The van der Waals surface area contributed by atoms with Gasteiger partial charge in [-0.2, -0.15) is 23.0 Å². The van der Waals surface area contributed by atoms with Crippen molar-refractivity contribution in [2.24, 2.45) is 0 Å². The molecule has 1 aromatic carbocycles. The molecule has 0 amide bonds. The SMILES string of the molecule is O=c1c(Cl)c(NC2CC2c2ccccc2)cnn1-c1ccc(C(F)(F)F)cn1. The lowest BCUT2D eigenvalue weighted by Gasteiger charge is -2.11. The second-order valence-electron chi connectivity index (χ2n) is 6.50. The largest absolute Gasteiger partial charge is 0.417 e. The summed E-state index contributed by atoms with van der Waals surface area (Å²) in [7, 11) is 0. The Balaban J connectivity index is 1.54. The third kappa shape index (κ3) is 3.60. The molecule has 2 atom stereocenters. The van der Waals surface area contributed by atoms with Crippen LogP contribution in [0.5, 0.6) is 0 Å². The Morgan fingerprint density at radius 1 is 1.11 bits per heavy atom. The summed E-state index contributed by atoms with van der Waals surface area (Å²) < 4.78 is 38.8. The van der Waals surface area contributed by atoms with Gasteiger partial charge in [-0.1, -0.05) is 41.9 Å². The standard InChI is InChI=1S/C19H14ClF3N4O/c20-17-15(26-14-8-13(14)11-4-2-1-3-5-11)10-25-27(18(17)28)16-7-6-12(9-24-16)19(21,22)23/h1-7,9-10,13-14,26H,8H2. The van der Waals surface area contributed by atoms with Gasteiger partial charge in [0, 0.05) is 18.2 Å². The van der Waals surface area contributed by atoms with Crippen LogP contribution < -0.4 is 10.9 Å². The van der Waals surface area contributed by atoms with Gasteiger partial charge in [-0.15, -0.1) is 0 Å². The molecule has 0 radical (unpaired) electrons. The minimum absolute atomic E-state index is 0.0416. The van der Waals surface area contributed by atoms with E-state index in [0.717, 1.165) is 23.2 Å². The van der Waals surface area contributed by atoms with Crippen LogP contribution in [0.3, 0.4) is 0 Å². The highest BCUT2D eigenvalue weighted by Gasteiger charge is 2.38. The first-order valence-electron chi connectivity index (χ1n) is 8.47. The van der Waals surface area contributed by atoms with E-state index in [-0.39, 0.29) is 16.9 Å². The van der Waals surface area contributed by atoms with E-state index in [2.05, 4.69) is 15.4 Å². The quantitative estimate of drug-likeness (QED) is 0.703. The van der Waals surface area contributed by atoms with E-state index in [9.17, 15) is 18.0 Å². The van der Waals surface area contributed by atoms with Gasteiger partial charge in [0.05, 0.1) is 17.4 Å². The number of hydrogen-bond donors (Lipinski definition) is 1. The van der Waals surface area contributed by atoms with Crippen molar-refractivity contribution in [3.05, 3.63) is 81.4 Å². The molecule has 9 heteroatoms. The minimum Gasteiger partial charge on any atom is -0.379 e. The topological polar surface area (TPSA) is 59.8 Å². The van der Waals surface area contributed by atoms with Crippen LogP contribution in [-0.2, 0) is 6.18 Å². The van der Waals surface area contributed by atoms with E-state index in [4.69, 9.17) is 11.6 Å². The lowest BCUT2D eigenvalue weighted by Crippen LogP contribution is -2.24. The first-order chi connectivity index (χ1) is 13.3. The number of nitrogens with zero attached hydrogens (tertiary/aromatic N) is 3. The van der Waals surface area contributed by atoms with Crippen molar-refractivity contribution in [3.8, 4) is 5.82 Å². The molecule has 1 fully saturated rings. The number of aromatic nitrogens is 3. The van der Waals surface area contributed by atoms with Crippen molar-refractivity contribution in [2.75, 3.05) is 5.32 Å². The molecule has 0 aliphatic heterocycles. The summed E-state index contributed by atoms with van der Waals surface area (Å²) in [5.41, 5.74) is 0.0230. The summed E-state index contributed by atoms with van der Waals surface area (Å²) in [6.45, 7) is 0. The third-order valence-corrected chi connectivity index (χ3v) is 4.94. The van der Waals surface area contributed by atoms with Crippen LogP contribution >= 0.6 is 11.6 Å². The monoisotopic (exact) mass is 406 g/mol. The van der Waals surface area contributed by atoms with E-state index >= 15 is 0 Å². The van der Waals surface area contributed by atoms with E-state index in [1.165, 1.54) is 11.8 Å². The van der Waals surface area contributed by atoms with Crippen molar-refractivity contribution < 1.29 is 13.2 Å². The normalized spacial score (nSPS) is 18.7. The zero-order valence-corrected chi connectivity index (χ0v) is 15.1. The van der Waals surface area contributed by atoms with Gasteiger partial charge in [-0.25, -0.2) is 4.98 Å². The van der Waals surface area contributed by atoms with Crippen LogP contribution in [0.15, 0.2) is 59.7 Å². The average Bonchev–Trinajstić information content (AvgIpc) is 3.45. The molecule has 1 N–H and O–H groups in total. The van der Waals surface area contributed by atoms with Crippen LogP contribution in [0.25, 0.3) is 5.82 Å². The molecule has 2 aromatic heterocycles. The average molecular weight is 407 g/mol. The zero-order valence-electron chi connectivity index (χ0n) is 14.3. The van der Waals surface area contributed by atoms with Crippen LogP contribution in [0.4, 0.5) is 18.9 Å². The smallest absolute Gasteiger partial charge is 0.379 e. The second-order valence-corrected chi connectivity index (χ2v) is 6.87.